The van der Waals surface area contributed by atoms with Crippen molar-refractivity contribution in [2.24, 2.45) is 0 Å². The Morgan fingerprint density at radius 1 is 1.35 bits per heavy atom. The topological polar surface area (TPSA) is 38.0 Å². The highest BCUT2D eigenvalue weighted by atomic mass is 19.1. The van der Waals surface area contributed by atoms with Crippen LogP contribution in [0.1, 0.15) is 30.7 Å². The van der Waals surface area contributed by atoms with Crippen LogP contribution in [0.2, 0.25) is 0 Å². The number of hydrogen-bond donors (Lipinski definition) is 2. The molecule has 1 saturated heterocycles. The molecule has 0 aliphatic carbocycles. The molecule has 1 fully saturated rings. The number of anilines is 1. The standard InChI is InChI=1S/C14H19FN2/c1-10-2-3-11(6-7-17-9-10)13-5-4-12(16)8-14(13)15/h4-5,8,11,17H,1-3,6-7,9,16H2. The average molecular weight is 234 g/mol. The van der Waals surface area contributed by atoms with Crippen molar-refractivity contribution in [1.82, 2.24) is 5.32 Å². The molecule has 1 unspecified atom stereocenters. The summed E-state index contributed by atoms with van der Waals surface area (Å²) in [6.07, 6.45) is 2.90. The molecule has 17 heavy (non-hydrogen) atoms. The highest BCUT2D eigenvalue weighted by Crippen LogP contribution is 2.30. The fourth-order valence-electron chi connectivity index (χ4n) is 2.34. The summed E-state index contributed by atoms with van der Waals surface area (Å²) in [6.45, 7) is 5.80. The first kappa shape index (κ1) is 12.1. The van der Waals surface area contributed by atoms with E-state index in [0.717, 1.165) is 37.9 Å². The van der Waals surface area contributed by atoms with Crippen molar-refractivity contribution in [1.29, 1.82) is 0 Å². The molecule has 0 radical (unpaired) electrons. The lowest BCUT2D eigenvalue weighted by atomic mass is 9.88. The molecular weight excluding hydrogens is 215 g/mol. The van der Waals surface area contributed by atoms with Gasteiger partial charge in [0.1, 0.15) is 5.82 Å². The molecule has 0 spiro atoms. The molecule has 1 aliphatic heterocycles. The largest absolute Gasteiger partial charge is 0.399 e. The highest BCUT2D eigenvalue weighted by Gasteiger charge is 2.17. The van der Waals surface area contributed by atoms with E-state index in [9.17, 15) is 4.39 Å². The minimum atomic E-state index is -0.179. The lowest BCUT2D eigenvalue weighted by Crippen LogP contribution is -2.23. The molecule has 0 amide bonds. The first-order valence-corrected chi connectivity index (χ1v) is 6.09. The van der Waals surface area contributed by atoms with E-state index in [2.05, 4.69) is 11.9 Å². The van der Waals surface area contributed by atoms with E-state index in [-0.39, 0.29) is 11.7 Å². The van der Waals surface area contributed by atoms with Crippen LogP contribution in [0, 0.1) is 5.82 Å². The van der Waals surface area contributed by atoms with Crippen molar-refractivity contribution in [3.05, 3.63) is 41.7 Å². The number of nitrogen functional groups attached to an aromatic ring is 1. The van der Waals surface area contributed by atoms with E-state index in [4.69, 9.17) is 5.73 Å². The normalized spacial score (nSPS) is 21.9. The molecule has 0 saturated carbocycles. The van der Waals surface area contributed by atoms with Gasteiger partial charge < -0.3 is 11.1 Å². The third kappa shape index (κ3) is 3.07. The fraction of sp³-hybridized carbons (Fsp3) is 0.429. The number of benzene rings is 1. The molecule has 1 aromatic rings. The maximum Gasteiger partial charge on any atom is 0.128 e. The Morgan fingerprint density at radius 3 is 2.94 bits per heavy atom. The molecular formula is C14H19FN2. The van der Waals surface area contributed by atoms with Gasteiger partial charge in [-0.3, -0.25) is 0 Å². The first-order chi connectivity index (χ1) is 8.16. The van der Waals surface area contributed by atoms with Gasteiger partial charge in [-0.2, -0.15) is 0 Å². The van der Waals surface area contributed by atoms with Crippen LogP contribution >= 0.6 is 0 Å². The maximum atomic E-state index is 13.8. The van der Waals surface area contributed by atoms with Crippen molar-refractivity contribution in [2.45, 2.75) is 25.2 Å². The number of hydrogen-bond acceptors (Lipinski definition) is 2. The molecule has 0 aromatic heterocycles. The van der Waals surface area contributed by atoms with E-state index >= 15 is 0 Å². The lowest BCUT2D eigenvalue weighted by Gasteiger charge is -2.22. The summed E-state index contributed by atoms with van der Waals surface area (Å²) in [6, 6.07) is 5.01. The summed E-state index contributed by atoms with van der Waals surface area (Å²) in [5, 5.41) is 3.32. The van der Waals surface area contributed by atoms with Crippen molar-refractivity contribution in [3.8, 4) is 0 Å². The molecule has 2 nitrogen and oxygen atoms in total. The van der Waals surface area contributed by atoms with Crippen molar-refractivity contribution >= 4 is 5.69 Å². The van der Waals surface area contributed by atoms with Gasteiger partial charge in [0.05, 0.1) is 0 Å². The van der Waals surface area contributed by atoms with E-state index in [1.807, 2.05) is 6.07 Å². The van der Waals surface area contributed by atoms with Gasteiger partial charge >= 0.3 is 0 Å². The average Bonchev–Trinajstić information content (AvgIpc) is 2.26. The second-order valence-electron chi connectivity index (χ2n) is 4.73. The quantitative estimate of drug-likeness (QED) is 0.579. The van der Waals surface area contributed by atoms with Gasteiger partial charge in [-0.05, 0) is 49.4 Å². The number of halogens is 1. The fourth-order valence-corrected chi connectivity index (χ4v) is 2.34. The molecule has 3 N–H and O–H groups in total. The van der Waals surface area contributed by atoms with Gasteiger partial charge in [0.25, 0.3) is 0 Å². The summed E-state index contributed by atoms with van der Waals surface area (Å²) in [7, 11) is 0. The zero-order valence-electron chi connectivity index (χ0n) is 10.0. The van der Waals surface area contributed by atoms with Gasteiger partial charge in [-0.15, -0.1) is 0 Å². The van der Waals surface area contributed by atoms with Crippen LogP contribution < -0.4 is 11.1 Å². The van der Waals surface area contributed by atoms with Gasteiger partial charge in [-0.1, -0.05) is 18.2 Å². The van der Waals surface area contributed by atoms with Crippen LogP contribution in [-0.2, 0) is 0 Å². The smallest absolute Gasteiger partial charge is 0.128 e. The van der Waals surface area contributed by atoms with Gasteiger partial charge in [0.15, 0.2) is 0 Å². The van der Waals surface area contributed by atoms with E-state index < -0.39 is 0 Å². The molecule has 1 atom stereocenters. The van der Waals surface area contributed by atoms with Crippen LogP contribution in [0.4, 0.5) is 10.1 Å². The predicted molar refractivity (Wildman–Crippen MR) is 69.4 cm³/mol. The molecule has 0 bridgehead atoms. The maximum absolute atomic E-state index is 13.8. The van der Waals surface area contributed by atoms with Crippen LogP contribution in [0.25, 0.3) is 0 Å². The van der Waals surface area contributed by atoms with Crippen LogP contribution in [-0.4, -0.2) is 13.1 Å². The Hall–Kier alpha value is -1.35. The molecule has 92 valence electrons. The Morgan fingerprint density at radius 2 is 2.18 bits per heavy atom. The second-order valence-corrected chi connectivity index (χ2v) is 4.73. The van der Waals surface area contributed by atoms with E-state index in [1.54, 1.807) is 6.07 Å². The Kier molecular flexibility index (Phi) is 3.79. The Bertz CT molecular complexity index is 415. The van der Waals surface area contributed by atoms with E-state index in [1.165, 1.54) is 11.6 Å². The first-order valence-electron chi connectivity index (χ1n) is 6.09. The predicted octanol–water partition coefficient (Wildman–Crippen LogP) is 2.82. The third-order valence-electron chi connectivity index (χ3n) is 3.36. The van der Waals surface area contributed by atoms with Crippen molar-refractivity contribution in [2.75, 3.05) is 18.8 Å². The summed E-state index contributed by atoms with van der Waals surface area (Å²) < 4.78 is 13.8. The number of nitrogens with one attached hydrogen (secondary N) is 1. The zero-order valence-corrected chi connectivity index (χ0v) is 10.0. The Labute approximate surface area is 102 Å². The number of nitrogens with two attached hydrogens (primary N) is 1. The molecule has 1 heterocycles. The van der Waals surface area contributed by atoms with Gasteiger partial charge in [0, 0.05) is 12.2 Å². The van der Waals surface area contributed by atoms with Crippen LogP contribution in [0.15, 0.2) is 30.4 Å². The second kappa shape index (κ2) is 5.32. The molecule has 2 rings (SSSR count). The van der Waals surface area contributed by atoms with E-state index in [0.29, 0.717) is 5.69 Å². The van der Waals surface area contributed by atoms with Crippen LogP contribution in [0.5, 0.6) is 0 Å². The van der Waals surface area contributed by atoms with Crippen molar-refractivity contribution < 1.29 is 4.39 Å². The molecule has 3 heteroatoms. The molecule has 1 aromatic carbocycles. The van der Waals surface area contributed by atoms with Crippen LogP contribution in [0.3, 0.4) is 0 Å². The summed E-state index contributed by atoms with van der Waals surface area (Å²) in [4.78, 5) is 0. The minimum absolute atomic E-state index is 0.179. The monoisotopic (exact) mass is 234 g/mol. The summed E-state index contributed by atoms with van der Waals surface area (Å²) in [5.41, 5.74) is 8.04. The number of rotatable bonds is 1. The van der Waals surface area contributed by atoms with Crippen molar-refractivity contribution in [3.63, 3.8) is 0 Å². The summed E-state index contributed by atoms with van der Waals surface area (Å²) >= 11 is 0. The SMILES string of the molecule is C=C1CCC(c2ccc(N)cc2F)CCNC1. The zero-order chi connectivity index (χ0) is 12.3. The minimum Gasteiger partial charge on any atom is -0.399 e. The molecule has 1 aliphatic rings. The lowest BCUT2D eigenvalue weighted by molar-refractivity contribution is 0.492. The highest BCUT2D eigenvalue weighted by molar-refractivity contribution is 5.41. The van der Waals surface area contributed by atoms with Gasteiger partial charge in [0.2, 0.25) is 0 Å². The third-order valence-corrected chi connectivity index (χ3v) is 3.36. The summed E-state index contributed by atoms with van der Waals surface area (Å²) in [5.74, 6) is 0.0846. The van der Waals surface area contributed by atoms with Gasteiger partial charge in [-0.25, -0.2) is 4.39 Å². The Balaban J connectivity index is 2.16.